The Morgan fingerprint density at radius 3 is 2.65 bits per heavy atom. The van der Waals surface area contributed by atoms with Gasteiger partial charge in [0.15, 0.2) is 0 Å². The second-order valence-electron chi connectivity index (χ2n) is 5.24. The summed E-state index contributed by atoms with van der Waals surface area (Å²) in [4.78, 5) is 11.0. The SMILES string of the molecule is CCCC(C)Nc1ccc(C(=O)O)cc1S(=O)(=O)NCCOC. The van der Waals surface area contributed by atoms with Crippen LogP contribution in [0.15, 0.2) is 23.1 Å². The Kier molecular flexibility index (Phi) is 7.47. The maximum atomic E-state index is 12.4. The Morgan fingerprint density at radius 2 is 2.09 bits per heavy atom. The highest BCUT2D eigenvalue weighted by molar-refractivity contribution is 7.89. The number of hydrogen-bond donors (Lipinski definition) is 3. The van der Waals surface area contributed by atoms with Crippen molar-refractivity contribution in [3.8, 4) is 0 Å². The average Bonchev–Trinajstić information content (AvgIpc) is 2.47. The topological polar surface area (TPSA) is 105 Å². The van der Waals surface area contributed by atoms with Crippen molar-refractivity contribution < 1.29 is 23.1 Å². The molecule has 1 atom stereocenters. The first-order valence-electron chi connectivity index (χ1n) is 7.44. The quantitative estimate of drug-likeness (QED) is 0.560. The fourth-order valence-electron chi connectivity index (χ4n) is 2.12. The lowest BCUT2D eigenvalue weighted by molar-refractivity contribution is 0.0696. The zero-order valence-corrected chi connectivity index (χ0v) is 14.4. The summed E-state index contributed by atoms with van der Waals surface area (Å²) in [7, 11) is -2.36. The molecule has 0 heterocycles. The molecule has 0 fully saturated rings. The van der Waals surface area contributed by atoms with Crippen LogP contribution in [-0.4, -0.2) is 45.8 Å². The molecule has 0 saturated carbocycles. The van der Waals surface area contributed by atoms with Crippen LogP contribution in [0.3, 0.4) is 0 Å². The van der Waals surface area contributed by atoms with E-state index in [0.29, 0.717) is 5.69 Å². The van der Waals surface area contributed by atoms with Crippen molar-refractivity contribution in [2.75, 3.05) is 25.6 Å². The van der Waals surface area contributed by atoms with Gasteiger partial charge >= 0.3 is 5.97 Å². The number of methoxy groups -OCH3 is 1. The number of ether oxygens (including phenoxy) is 1. The Bertz CT molecular complexity index is 631. The fraction of sp³-hybridized carbons (Fsp3) is 0.533. The molecule has 8 heteroatoms. The molecule has 0 aliphatic carbocycles. The normalized spacial score (nSPS) is 12.8. The van der Waals surface area contributed by atoms with Crippen LogP contribution in [0.4, 0.5) is 5.69 Å². The number of hydrogen-bond acceptors (Lipinski definition) is 5. The summed E-state index contributed by atoms with van der Waals surface area (Å²) < 4.78 is 32.1. The number of sulfonamides is 1. The highest BCUT2D eigenvalue weighted by Gasteiger charge is 2.21. The van der Waals surface area contributed by atoms with Crippen LogP contribution in [0.2, 0.25) is 0 Å². The van der Waals surface area contributed by atoms with E-state index in [9.17, 15) is 13.2 Å². The van der Waals surface area contributed by atoms with Crippen molar-refractivity contribution in [1.82, 2.24) is 4.72 Å². The van der Waals surface area contributed by atoms with Gasteiger partial charge in [-0.2, -0.15) is 0 Å². The van der Waals surface area contributed by atoms with E-state index in [1.165, 1.54) is 25.3 Å². The molecule has 0 bridgehead atoms. The smallest absolute Gasteiger partial charge is 0.335 e. The molecule has 0 aliphatic rings. The minimum atomic E-state index is -3.84. The number of carboxylic acid groups (broad SMARTS) is 1. The van der Waals surface area contributed by atoms with Crippen molar-refractivity contribution in [1.29, 1.82) is 0 Å². The third-order valence-corrected chi connectivity index (χ3v) is 4.74. The van der Waals surface area contributed by atoms with Crippen molar-refractivity contribution in [3.63, 3.8) is 0 Å². The number of nitrogens with one attached hydrogen (secondary N) is 2. The van der Waals surface area contributed by atoms with Gasteiger partial charge in [0.2, 0.25) is 10.0 Å². The van der Waals surface area contributed by atoms with Crippen LogP contribution in [0.1, 0.15) is 37.0 Å². The van der Waals surface area contributed by atoms with E-state index in [1.54, 1.807) is 0 Å². The van der Waals surface area contributed by atoms with Gasteiger partial charge in [0.25, 0.3) is 0 Å². The van der Waals surface area contributed by atoms with E-state index >= 15 is 0 Å². The zero-order chi connectivity index (χ0) is 17.5. The van der Waals surface area contributed by atoms with Gasteiger partial charge in [-0.15, -0.1) is 0 Å². The molecule has 0 spiro atoms. The van der Waals surface area contributed by atoms with E-state index in [4.69, 9.17) is 9.84 Å². The van der Waals surface area contributed by atoms with E-state index in [-0.39, 0.29) is 29.7 Å². The number of aromatic carboxylic acids is 1. The van der Waals surface area contributed by atoms with E-state index in [2.05, 4.69) is 10.0 Å². The number of benzene rings is 1. The van der Waals surface area contributed by atoms with Crippen LogP contribution in [0.25, 0.3) is 0 Å². The second-order valence-corrected chi connectivity index (χ2v) is 6.98. The number of carboxylic acids is 1. The van der Waals surface area contributed by atoms with E-state index in [0.717, 1.165) is 12.8 Å². The van der Waals surface area contributed by atoms with Crippen molar-refractivity contribution in [3.05, 3.63) is 23.8 Å². The lowest BCUT2D eigenvalue weighted by Gasteiger charge is -2.18. The predicted octanol–water partition coefficient (Wildman–Crippen LogP) is 1.91. The van der Waals surface area contributed by atoms with Crippen molar-refractivity contribution in [2.24, 2.45) is 0 Å². The summed E-state index contributed by atoms with van der Waals surface area (Å²) in [5.74, 6) is -1.17. The van der Waals surface area contributed by atoms with Gasteiger partial charge in [0.05, 0.1) is 17.9 Å². The highest BCUT2D eigenvalue weighted by atomic mass is 32.2. The largest absolute Gasteiger partial charge is 0.478 e. The molecule has 0 radical (unpaired) electrons. The maximum Gasteiger partial charge on any atom is 0.335 e. The first-order chi connectivity index (χ1) is 10.8. The minimum Gasteiger partial charge on any atom is -0.478 e. The minimum absolute atomic E-state index is 0.0727. The Morgan fingerprint density at radius 1 is 1.39 bits per heavy atom. The first kappa shape index (κ1) is 19.4. The van der Waals surface area contributed by atoms with Gasteiger partial charge in [0, 0.05) is 19.7 Å². The fourth-order valence-corrected chi connectivity index (χ4v) is 3.33. The monoisotopic (exact) mass is 344 g/mol. The molecule has 1 rings (SSSR count). The van der Waals surface area contributed by atoms with E-state index in [1.807, 2.05) is 13.8 Å². The lowest BCUT2D eigenvalue weighted by atomic mass is 10.1. The van der Waals surface area contributed by atoms with Crippen LogP contribution in [0.5, 0.6) is 0 Å². The molecule has 0 aliphatic heterocycles. The van der Waals surface area contributed by atoms with Gasteiger partial charge < -0.3 is 15.2 Å². The molecule has 1 unspecified atom stereocenters. The molecule has 1 aromatic carbocycles. The molecule has 3 N–H and O–H groups in total. The summed E-state index contributed by atoms with van der Waals surface area (Å²) in [6.07, 6.45) is 1.83. The average molecular weight is 344 g/mol. The van der Waals surface area contributed by atoms with Crippen LogP contribution in [-0.2, 0) is 14.8 Å². The number of carbonyl (C=O) groups is 1. The maximum absolute atomic E-state index is 12.4. The standard InChI is InChI=1S/C15H24N2O5S/c1-4-5-11(2)17-13-7-6-12(15(18)19)10-14(13)23(20,21)16-8-9-22-3/h6-7,10-11,16-17H,4-5,8-9H2,1-3H3,(H,18,19). The van der Waals surface area contributed by atoms with Gasteiger partial charge in [-0.1, -0.05) is 13.3 Å². The van der Waals surface area contributed by atoms with Gasteiger partial charge in [-0.3, -0.25) is 0 Å². The predicted molar refractivity (Wildman–Crippen MR) is 88.5 cm³/mol. The number of anilines is 1. The van der Waals surface area contributed by atoms with Crippen molar-refractivity contribution >= 4 is 21.7 Å². The highest BCUT2D eigenvalue weighted by Crippen LogP contribution is 2.24. The summed E-state index contributed by atoms with van der Waals surface area (Å²) in [6.45, 7) is 4.33. The second kappa shape index (κ2) is 8.85. The summed E-state index contributed by atoms with van der Waals surface area (Å²) >= 11 is 0. The van der Waals surface area contributed by atoms with Gasteiger partial charge in [-0.05, 0) is 31.5 Å². The van der Waals surface area contributed by atoms with Crippen LogP contribution < -0.4 is 10.0 Å². The Balaban J connectivity index is 3.17. The summed E-state index contributed by atoms with van der Waals surface area (Å²) in [5.41, 5.74) is 0.312. The number of rotatable bonds is 10. The Hall–Kier alpha value is -1.64. The van der Waals surface area contributed by atoms with Gasteiger partial charge in [-0.25, -0.2) is 17.9 Å². The molecular weight excluding hydrogens is 320 g/mol. The zero-order valence-electron chi connectivity index (χ0n) is 13.6. The molecule has 1 aromatic rings. The Labute approximate surface area is 137 Å². The summed E-state index contributed by atoms with van der Waals surface area (Å²) in [6, 6.07) is 4.11. The molecule has 7 nitrogen and oxygen atoms in total. The van der Waals surface area contributed by atoms with E-state index < -0.39 is 16.0 Å². The first-order valence-corrected chi connectivity index (χ1v) is 8.92. The van der Waals surface area contributed by atoms with Gasteiger partial charge in [0.1, 0.15) is 4.90 Å². The molecule has 23 heavy (non-hydrogen) atoms. The third kappa shape index (κ3) is 5.81. The molecule has 0 aromatic heterocycles. The van der Waals surface area contributed by atoms with Crippen LogP contribution >= 0.6 is 0 Å². The molecule has 0 saturated heterocycles. The third-order valence-electron chi connectivity index (χ3n) is 3.24. The van der Waals surface area contributed by atoms with Crippen LogP contribution in [0, 0.1) is 0 Å². The molecular formula is C15H24N2O5S. The van der Waals surface area contributed by atoms with Crippen molar-refractivity contribution in [2.45, 2.75) is 37.6 Å². The molecule has 0 amide bonds. The lowest BCUT2D eigenvalue weighted by Crippen LogP contribution is -2.29. The summed E-state index contributed by atoms with van der Waals surface area (Å²) in [5, 5.41) is 12.2. The molecule has 130 valence electrons.